The SMILES string of the molecule is CNC(C)c1ncc(C2CCC(C)O2)o1. The molecular weight excluding hydrogens is 192 g/mol. The number of hydrogen-bond acceptors (Lipinski definition) is 4. The zero-order valence-electron chi connectivity index (χ0n) is 9.49. The number of rotatable bonds is 3. The van der Waals surface area contributed by atoms with Crippen LogP contribution in [0.2, 0.25) is 0 Å². The highest BCUT2D eigenvalue weighted by molar-refractivity contribution is 5.02. The van der Waals surface area contributed by atoms with Crippen LogP contribution in [0.25, 0.3) is 0 Å². The maximum absolute atomic E-state index is 5.72. The van der Waals surface area contributed by atoms with Gasteiger partial charge in [0.1, 0.15) is 6.10 Å². The molecule has 1 saturated heterocycles. The van der Waals surface area contributed by atoms with Crippen molar-refractivity contribution < 1.29 is 9.15 Å². The van der Waals surface area contributed by atoms with Gasteiger partial charge < -0.3 is 14.5 Å². The molecule has 0 aromatic carbocycles. The van der Waals surface area contributed by atoms with Gasteiger partial charge in [-0.1, -0.05) is 0 Å². The first-order valence-corrected chi connectivity index (χ1v) is 5.49. The smallest absolute Gasteiger partial charge is 0.211 e. The molecule has 0 bridgehead atoms. The van der Waals surface area contributed by atoms with Gasteiger partial charge in [0, 0.05) is 0 Å². The topological polar surface area (TPSA) is 47.3 Å². The Morgan fingerprint density at radius 3 is 2.93 bits per heavy atom. The van der Waals surface area contributed by atoms with E-state index in [1.54, 1.807) is 6.20 Å². The van der Waals surface area contributed by atoms with E-state index >= 15 is 0 Å². The van der Waals surface area contributed by atoms with Gasteiger partial charge in [-0.3, -0.25) is 0 Å². The average Bonchev–Trinajstić information content (AvgIpc) is 2.84. The van der Waals surface area contributed by atoms with Crippen molar-refractivity contribution >= 4 is 0 Å². The molecule has 1 N–H and O–H groups in total. The third-order valence-corrected chi connectivity index (χ3v) is 2.89. The van der Waals surface area contributed by atoms with Gasteiger partial charge in [-0.15, -0.1) is 0 Å². The van der Waals surface area contributed by atoms with Crippen LogP contribution in [0.15, 0.2) is 10.6 Å². The van der Waals surface area contributed by atoms with Crippen molar-refractivity contribution in [3.8, 4) is 0 Å². The monoisotopic (exact) mass is 210 g/mol. The molecule has 84 valence electrons. The molecule has 1 aliphatic rings. The summed E-state index contributed by atoms with van der Waals surface area (Å²) in [6, 6.07) is 0.151. The minimum Gasteiger partial charge on any atom is -0.441 e. The van der Waals surface area contributed by atoms with Crippen LogP contribution >= 0.6 is 0 Å². The van der Waals surface area contributed by atoms with Gasteiger partial charge in [0.25, 0.3) is 0 Å². The van der Waals surface area contributed by atoms with Crippen molar-refractivity contribution in [2.75, 3.05) is 7.05 Å². The molecule has 0 spiro atoms. The molecule has 0 radical (unpaired) electrons. The predicted octanol–water partition coefficient (Wildman–Crippen LogP) is 2.20. The standard InChI is InChI=1S/C11H18N2O2/c1-7-4-5-9(14-7)10-6-13-11(15-10)8(2)12-3/h6-9,12H,4-5H2,1-3H3. The summed E-state index contributed by atoms with van der Waals surface area (Å²) in [4.78, 5) is 4.25. The fourth-order valence-corrected chi connectivity index (χ4v) is 1.79. The molecule has 0 saturated carbocycles. The molecule has 1 aromatic rings. The molecule has 3 unspecified atom stereocenters. The van der Waals surface area contributed by atoms with Gasteiger partial charge in [0.2, 0.25) is 5.89 Å². The lowest BCUT2D eigenvalue weighted by Gasteiger charge is -2.08. The summed E-state index contributed by atoms with van der Waals surface area (Å²) < 4.78 is 11.4. The highest BCUT2D eigenvalue weighted by atomic mass is 16.5. The molecule has 1 aliphatic heterocycles. The minimum atomic E-state index is 0.102. The second-order valence-electron chi connectivity index (χ2n) is 4.12. The zero-order chi connectivity index (χ0) is 10.8. The van der Waals surface area contributed by atoms with E-state index in [-0.39, 0.29) is 12.1 Å². The molecular formula is C11H18N2O2. The van der Waals surface area contributed by atoms with Crippen LogP contribution < -0.4 is 5.32 Å². The Labute approximate surface area is 90.0 Å². The summed E-state index contributed by atoms with van der Waals surface area (Å²) in [5, 5.41) is 3.10. The second-order valence-corrected chi connectivity index (χ2v) is 4.12. The summed E-state index contributed by atoms with van der Waals surface area (Å²) in [6.07, 6.45) is 4.35. The lowest BCUT2D eigenvalue weighted by molar-refractivity contribution is 0.0414. The Kier molecular flexibility index (Phi) is 3.07. The van der Waals surface area contributed by atoms with Gasteiger partial charge in [-0.2, -0.15) is 0 Å². The molecule has 15 heavy (non-hydrogen) atoms. The molecule has 0 amide bonds. The van der Waals surface area contributed by atoms with Crippen molar-refractivity contribution in [3.63, 3.8) is 0 Å². The van der Waals surface area contributed by atoms with Crippen molar-refractivity contribution in [2.45, 2.75) is 44.9 Å². The van der Waals surface area contributed by atoms with Crippen molar-refractivity contribution in [3.05, 3.63) is 17.8 Å². The fraction of sp³-hybridized carbons (Fsp3) is 0.727. The number of oxazole rings is 1. The first-order valence-electron chi connectivity index (χ1n) is 5.49. The van der Waals surface area contributed by atoms with Crippen molar-refractivity contribution in [1.29, 1.82) is 0 Å². The third kappa shape index (κ3) is 2.21. The summed E-state index contributed by atoms with van der Waals surface area (Å²) in [7, 11) is 1.89. The fourth-order valence-electron chi connectivity index (χ4n) is 1.79. The molecule has 3 atom stereocenters. The van der Waals surface area contributed by atoms with E-state index in [0.717, 1.165) is 24.5 Å². The van der Waals surface area contributed by atoms with Gasteiger partial charge in [-0.25, -0.2) is 4.98 Å². The van der Waals surface area contributed by atoms with Crippen LogP contribution in [0.1, 0.15) is 50.5 Å². The number of ether oxygens (including phenoxy) is 1. The Morgan fingerprint density at radius 1 is 1.53 bits per heavy atom. The lowest BCUT2D eigenvalue weighted by Crippen LogP contribution is -2.12. The lowest BCUT2D eigenvalue weighted by atomic mass is 10.2. The van der Waals surface area contributed by atoms with Crippen LogP contribution in [0.3, 0.4) is 0 Å². The first kappa shape index (κ1) is 10.6. The molecule has 0 aliphatic carbocycles. The molecule has 1 fully saturated rings. The van der Waals surface area contributed by atoms with Gasteiger partial charge >= 0.3 is 0 Å². The van der Waals surface area contributed by atoms with Crippen LogP contribution in [0.5, 0.6) is 0 Å². The predicted molar refractivity (Wildman–Crippen MR) is 56.5 cm³/mol. The van der Waals surface area contributed by atoms with Crippen molar-refractivity contribution in [1.82, 2.24) is 10.3 Å². The molecule has 1 aromatic heterocycles. The molecule has 2 heterocycles. The van der Waals surface area contributed by atoms with Crippen LogP contribution in [0.4, 0.5) is 0 Å². The van der Waals surface area contributed by atoms with E-state index in [0.29, 0.717) is 6.10 Å². The van der Waals surface area contributed by atoms with E-state index in [1.165, 1.54) is 0 Å². The van der Waals surface area contributed by atoms with Crippen molar-refractivity contribution in [2.24, 2.45) is 0 Å². The van der Waals surface area contributed by atoms with Crippen LogP contribution in [0, 0.1) is 0 Å². The maximum Gasteiger partial charge on any atom is 0.211 e. The quantitative estimate of drug-likeness (QED) is 0.830. The summed E-state index contributed by atoms with van der Waals surface area (Å²) >= 11 is 0. The Morgan fingerprint density at radius 2 is 2.33 bits per heavy atom. The van der Waals surface area contributed by atoms with Gasteiger partial charge in [-0.05, 0) is 33.7 Å². The van der Waals surface area contributed by atoms with Gasteiger partial charge in [0.15, 0.2) is 5.76 Å². The summed E-state index contributed by atoms with van der Waals surface area (Å²) in [5.41, 5.74) is 0. The Bertz CT molecular complexity index is 324. The molecule has 4 heteroatoms. The maximum atomic E-state index is 5.72. The Balaban J connectivity index is 2.07. The van der Waals surface area contributed by atoms with E-state index in [4.69, 9.17) is 9.15 Å². The first-order chi connectivity index (χ1) is 7.20. The van der Waals surface area contributed by atoms with Crippen LogP contribution in [-0.4, -0.2) is 18.1 Å². The van der Waals surface area contributed by atoms with E-state index in [9.17, 15) is 0 Å². The number of aromatic nitrogens is 1. The highest BCUT2D eigenvalue weighted by Gasteiger charge is 2.26. The summed E-state index contributed by atoms with van der Waals surface area (Å²) in [5.74, 6) is 1.59. The largest absolute Gasteiger partial charge is 0.441 e. The Hall–Kier alpha value is -0.870. The highest BCUT2D eigenvalue weighted by Crippen LogP contribution is 2.33. The third-order valence-electron chi connectivity index (χ3n) is 2.89. The molecule has 4 nitrogen and oxygen atoms in total. The summed E-state index contributed by atoms with van der Waals surface area (Å²) in [6.45, 7) is 4.11. The zero-order valence-corrected chi connectivity index (χ0v) is 9.49. The van der Waals surface area contributed by atoms with Crippen LogP contribution in [-0.2, 0) is 4.74 Å². The number of nitrogens with one attached hydrogen (secondary N) is 1. The van der Waals surface area contributed by atoms with Gasteiger partial charge in [0.05, 0.1) is 18.3 Å². The number of nitrogens with zero attached hydrogens (tertiary/aromatic N) is 1. The molecule has 2 rings (SSSR count). The minimum absolute atomic E-state index is 0.102. The van der Waals surface area contributed by atoms with E-state index in [1.807, 2.05) is 14.0 Å². The normalized spacial score (nSPS) is 28.2. The number of hydrogen-bond donors (Lipinski definition) is 1. The van der Waals surface area contributed by atoms with E-state index < -0.39 is 0 Å². The second kappa shape index (κ2) is 4.33. The van der Waals surface area contributed by atoms with E-state index in [2.05, 4.69) is 17.2 Å². The average molecular weight is 210 g/mol.